The maximum Gasteiger partial charge on any atom is 0.350 e. The molecule has 176 valence electrons. The van der Waals surface area contributed by atoms with Crippen molar-refractivity contribution < 1.29 is 23.8 Å². The molecule has 1 unspecified atom stereocenters. The molecule has 0 spiro atoms. The summed E-state index contributed by atoms with van der Waals surface area (Å²) in [4.78, 5) is 45.7. The number of amides is 1. The Bertz CT molecular complexity index is 1590. The molecule has 10 heteroatoms. The number of benzene rings is 2. The second-order valence-corrected chi connectivity index (χ2v) is 9.20. The van der Waals surface area contributed by atoms with Gasteiger partial charge in [0, 0.05) is 5.02 Å². The van der Waals surface area contributed by atoms with E-state index in [0.717, 1.165) is 11.3 Å². The first-order valence-electron chi connectivity index (χ1n) is 10.4. The lowest BCUT2D eigenvalue weighted by Gasteiger charge is -2.22. The molecule has 8 nitrogen and oxygen atoms in total. The number of rotatable bonds is 5. The molecule has 1 atom stereocenters. The fourth-order valence-electron chi connectivity index (χ4n) is 4.03. The van der Waals surface area contributed by atoms with Crippen molar-refractivity contribution in [2.75, 3.05) is 11.5 Å². The van der Waals surface area contributed by atoms with Gasteiger partial charge in [0.05, 0.1) is 22.7 Å². The van der Waals surface area contributed by atoms with Gasteiger partial charge in [0.2, 0.25) is 5.76 Å². The Balaban J connectivity index is 1.73. The number of fused-ring (bicyclic) bond motifs is 2. The third-order valence-electron chi connectivity index (χ3n) is 5.53. The van der Waals surface area contributed by atoms with E-state index in [2.05, 4.69) is 11.6 Å². The summed E-state index contributed by atoms with van der Waals surface area (Å²) in [5.74, 6) is -1.37. The van der Waals surface area contributed by atoms with Gasteiger partial charge in [0.25, 0.3) is 5.91 Å². The van der Waals surface area contributed by atoms with Gasteiger partial charge in [-0.05, 0) is 42.8 Å². The second-order valence-electron chi connectivity index (χ2n) is 7.79. The number of aromatic nitrogens is 1. The van der Waals surface area contributed by atoms with E-state index in [1.54, 1.807) is 25.1 Å². The number of halogens is 1. The number of anilines is 1. The third kappa shape index (κ3) is 3.78. The monoisotopic (exact) mass is 508 g/mol. The highest BCUT2D eigenvalue weighted by Crippen LogP contribution is 2.43. The van der Waals surface area contributed by atoms with E-state index in [9.17, 15) is 19.5 Å². The number of nitrogens with zero attached hydrogens (tertiary/aromatic N) is 2. The second kappa shape index (κ2) is 8.68. The van der Waals surface area contributed by atoms with E-state index in [0.29, 0.717) is 16.3 Å². The number of aryl methyl sites for hydroxylation is 1. The van der Waals surface area contributed by atoms with Gasteiger partial charge >= 0.3 is 5.97 Å². The van der Waals surface area contributed by atoms with Crippen molar-refractivity contribution in [2.24, 2.45) is 0 Å². The van der Waals surface area contributed by atoms with E-state index in [-0.39, 0.29) is 44.7 Å². The molecule has 0 fully saturated rings. The summed E-state index contributed by atoms with van der Waals surface area (Å²) in [6, 6.07) is 9.85. The van der Waals surface area contributed by atoms with Crippen LogP contribution in [0, 0.1) is 6.92 Å². The average Bonchev–Trinajstić information content (AvgIpc) is 3.35. The Morgan fingerprint density at radius 1 is 1.31 bits per heavy atom. The van der Waals surface area contributed by atoms with Gasteiger partial charge in [-0.2, -0.15) is 0 Å². The molecular weight excluding hydrogens is 492 g/mol. The highest BCUT2D eigenvalue weighted by Gasteiger charge is 2.45. The first kappa shape index (κ1) is 22.8. The molecule has 0 saturated heterocycles. The van der Waals surface area contributed by atoms with Gasteiger partial charge in [-0.25, -0.2) is 9.78 Å². The Hall–Kier alpha value is -3.95. The van der Waals surface area contributed by atoms with Crippen LogP contribution in [0.1, 0.15) is 43.1 Å². The standard InChI is InChI=1S/C25H17ClN2O6S/c1-3-9-33-24(32)22-12(2)27-25(35-22)28-19(13-5-4-6-15(29)10-13)18-20(30)16-11-14(26)7-8-17(16)34-21(18)23(28)31/h3-8,10-11,19,29H,1,9H2,2H3. The lowest BCUT2D eigenvalue weighted by atomic mass is 9.98. The summed E-state index contributed by atoms with van der Waals surface area (Å²) in [7, 11) is 0. The zero-order valence-electron chi connectivity index (χ0n) is 18.3. The van der Waals surface area contributed by atoms with Crippen molar-refractivity contribution in [1.29, 1.82) is 0 Å². The quantitative estimate of drug-likeness (QED) is 0.298. The van der Waals surface area contributed by atoms with E-state index < -0.39 is 23.3 Å². The van der Waals surface area contributed by atoms with Crippen molar-refractivity contribution in [3.63, 3.8) is 0 Å². The zero-order valence-corrected chi connectivity index (χ0v) is 19.9. The molecule has 0 aliphatic carbocycles. The predicted octanol–water partition coefficient (Wildman–Crippen LogP) is 5.01. The summed E-state index contributed by atoms with van der Waals surface area (Å²) >= 11 is 7.07. The Kier molecular flexibility index (Phi) is 5.66. The van der Waals surface area contributed by atoms with Crippen molar-refractivity contribution >= 4 is 50.9 Å². The molecule has 4 aromatic rings. The van der Waals surface area contributed by atoms with Crippen LogP contribution in [0.2, 0.25) is 5.02 Å². The normalized spacial score (nSPS) is 14.9. The molecule has 1 aliphatic heterocycles. The molecule has 0 bridgehead atoms. The Morgan fingerprint density at radius 2 is 2.11 bits per heavy atom. The number of carbonyl (C=O) groups excluding carboxylic acids is 2. The molecule has 2 aromatic heterocycles. The minimum Gasteiger partial charge on any atom is -0.508 e. The topological polar surface area (TPSA) is 110 Å². The molecule has 5 rings (SSSR count). The number of ether oxygens (including phenoxy) is 1. The van der Waals surface area contributed by atoms with Crippen LogP contribution in [0.15, 0.2) is 64.3 Å². The molecular formula is C25H17ClN2O6S. The van der Waals surface area contributed by atoms with Gasteiger partial charge in [0.1, 0.15) is 22.8 Å². The summed E-state index contributed by atoms with van der Waals surface area (Å²) < 4.78 is 11.0. The smallest absolute Gasteiger partial charge is 0.350 e. The number of esters is 1. The van der Waals surface area contributed by atoms with E-state index in [4.69, 9.17) is 20.8 Å². The molecule has 0 saturated carbocycles. The summed E-state index contributed by atoms with van der Waals surface area (Å²) in [5, 5.41) is 10.9. The van der Waals surface area contributed by atoms with Crippen molar-refractivity contribution in [3.05, 3.63) is 97.8 Å². The van der Waals surface area contributed by atoms with Crippen molar-refractivity contribution in [3.8, 4) is 5.75 Å². The van der Waals surface area contributed by atoms with Crippen LogP contribution < -0.4 is 10.3 Å². The fourth-order valence-corrected chi connectivity index (χ4v) is 5.19. The van der Waals surface area contributed by atoms with Gasteiger partial charge in [-0.3, -0.25) is 14.5 Å². The van der Waals surface area contributed by atoms with Crippen LogP contribution in [-0.4, -0.2) is 28.6 Å². The van der Waals surface area contributed by atoms with Crippen LogP contribution in [0.25, 0.3) is 11.0 Å². The molecule has 35 heavy (non-hydrogen) atoms. The first-order chi connectivity index (χ1) is 16.8. The summed E-state index contributed by atoms with van der Waals surface area (Å²) in [5.41, 5.74) is 0.723. The van der Waals surface area contributed by atoms with Gasteiger partial charge in [-0.1, -0.05) is 47.7 Å². The maximum atomic E-state index is 13.6. The number of hydrogen-bond donors (Lipinski definition) is 1. The minimum absolute atomic E-state index is 0.0269. The lowest BCUT2D eigenvalue weighted by molar-refractivity contribution is 0.0554. The van der Waals surface area contributed by atoms with Crippen LogP contribution in [0.3, 0.4) is 0 Å². The van der Waals surface area contributed by atoms with E-state index >= 15 is 0 Å². The van der Waals surface area contributed by atoms with Crippen LogP contribution in [0.5, 0.6) is 5.75 Å². The van der Waals surface area contributed by atoms with Gasteiger partial charge in [0.15, 0.2) is 10.6 Å². The zero-order chi connectivity index (χ0) is 24.9. The highest BCUT2D eigenvalue weighted by molar-refractivity contribution is 7.17. The maximum absolute atomic E-state index is 13.6. The number of carbonyl (C=O) groups is 2. The third-order valence-corrected chi connectivity index (χ3v) is 6.90. The number of hydrogen-bond acceptors (Lipinski definition) is 8. The Morgan fingerprint density at radius 3 is 2.86 bits per heavy atom. The average molecular weight is 509 g/mol. The number of phenolic OH excluding ortho intramolecular Hbond substituents is 1. The van der Waals surface area contributed by atoms with Crippen molar-refractivity contribution in [1.82, 2.24) is 4.98 Å². The van der Waals surface area contributed by atoms with Gasteiger partial charge in [-0.15, -0.1) is 0 Å². The molecule has 0 radical (unpaired) electrons. The van der Waals surface area contributed by atoms with Crippen LogP contribution in [0.4, 0.5) is 5.13 Å². The fraction of sp³-hybridized carbons (Fsp3) is 0.120. The SMILES string of the molecule is C=CCOC(=O)c1sc(N2C(=O)c3oc4ccc(Cl)cc4c(=O)c3C2c2cccc(O)c2)nc1C. The van der Waals surface area contributed by atoms with Crippen LogP contribution >= 0.6 is 22.9 Å². The highest BCUT2D eigenvalue weighted by atomic mass is 35.5. The Labute approximate surface area is 207 Å². The molecule has 3 heterocycles. The number of aromatic hydroxyl groups is 1. The number of phenols is 1. The lowest BCUT2D eigenvalue weighted by Crippen LogP contribution is -2.29. The first-order valence-corrected chi connectivity index (χ1v) is 11.6. The molecule has 2 aromatic carbocycles. The van der Waals surface area contributed by atoms with Gasteiger partial charge < -0.3 is 14.3 Å². The molecule has 1 amide bonds. The largest absolute Gasteiger partial charge is 0.508 e. The molecule has 1 N–H and O–H groups in total. The number of thiazole rings is 1. The molecule has 1 aliphatic rings. The van der Waals surface area contributed by atoms with Crippen molar-refractivity contribution in [2.45, 2.75) is 13.0 Å². The van der Waals surface area contributed by atoms with E-state index in [1.165, 1.54) is 35.2 Å². The predicted molar refractivity (Wildman–Crippen MR) is 132 cm³/mol. The minimum atomic E-state index is -0.952. The van der Waals surface area contributed by atoms with E-state index in [1.807, 2.05) is 0 Å². The summed E-state index contributed by atoms with van der Waals surface area (Å²) in [6.45, 7) is 5.18. The van der Waals surface area contributed by atoms with Crippen LogP contribution in [-0.2, 0) is 4.74 Å². The summed E-state index contributed by atoms with van der Waals surface area (Å²) in [6.07, 6.45) is 1.45.